The molecule has 1 fully saturated rings. The lowest BCUT2D eigenvalue weighted by Crippen LogP contribution is -2.54. The highest BCUT2D eigenvalue weighted by Crippen LogP contribution is 2.30. The van der Waals surface area contributed by atoms with Crippen LogP contribution >= 0.6 is 11.5 Å². The molecule has 25 heavy (non-hydrogen) atoms. The maximum atomic E-state index is 12.9. The summed E-state index contributed by atoms with van der Waals surface area (Å²) in [5.74, 6) is 0.928. The van der Waals surface area contributed by atoms with Gasteiger partial charge < -0.3 is 14.5 Å². The quantitative estimate of drug-likeness (QED) is 0.821. The maximum Gasteiger partial charge on any atom is 0.267 e. The number of rotatable bonds is 5. The molecule has 2 aromatic rings. The van der Waals surface area contributed by atoms with Crippen LogP contribution in [0.3, 0.4) is 0 Å². The fraction of sp³-hybridized carbons (Fsp3) is 0.500. The Morgan fingerprint density at radius 1 is 1.36 bits per heavy atom. The van der Waals surface area contributed by atoms with Gasteiger partial charge in [0.05, 0.1) is 18.5 Å². The summed E-state index contributed by atoms with van der Waals surface area (Å²) in [7, 11) is 1.69. The maximum absolute atomic E-state index is 12.9. The molecule has 0 radical (unpaired) electrons. The minimum absolute atomic E-state index is 0.0608. The van der Waals surface area contributed by atoms with Crippen LogP contribution in [-0.4, -0.2) is 53.2 Å². The third-order valence-electron chi connectivity index (χ3n) is 4.55. The fourth-order valence-electron chi connectivity index (χ4n) is 3.27. The second-order valence-electron chi connectivity index (χ2n) is 6.26. The van der Waals surface area contributed by atoms with Gasteiger partial charge in [-0.05, 0) is 37.0 Å². The number of methoxy groups -OCH3 is 1. The van der Waals surface area contributed by atoms with E-state index in [1.807, 2.05) is 23.1 Å². The molecule has 1 amide bonds. The Labute approximate surface area is 152 Å². The highest BCUT2D eigenvalue weighted by atomic mass is 32.1. The first-order valence-electron chi connectivity index (χ1n) is 8.65. The first-order chi connectivity index (χ1) is 12.2. The van der Waals surface area contributed by atoms with Crippen molar-refractivity contribution in [2.24, 2.45) is 0 Å². The largest absolute Gasteiger partial charge is 0.495 e. The molecule has 3 rings (SSSR count). The van der Waals surface area contributed by atoms with Crippen molar-refractivity contribution in [3.05, 3.63) is 34.8 Å². The van der Waals surface area contributed by atoms with Crippen molar-refractivity contribution in [2.45, 2.75) is 32.7 Å². The number of ether oxygens (including phenoxy) is 1. The standard InChI is InChI=1S/C18H24N4O2S/c1-4-7-14-17(25-20-19-14)18(23)22-11-10-21(12-13(22)2)15-8-5-6-9-16(15)24-3/h5-6,8-9,13H,4,7,10-12H2,1-3H3/t13-/m1/s1. The Kier molecular flexibility index (Phi) is 5.53. The zero-order valence-electron chi connectivity index (χ0n) is 14.9. The van der Waals surface area contributed by atoms with Gasteiger partial charge in [0, 0.05) is 25.7 Å². The number of para-hydroxylation sites is 2. The van der Waals surface area contributed by atoms with Crippen molar-refractivity contribution >= 4 is 23.1 Å². The SMILES string of the molecule is CCCc1nnsc1C(=O)N1CCN(c2ccccc2OC)C[C@H]1C. The average Bonchev–Trinajstić information content (AvgIpc) is 3.09. The number of amides is 1. The molecular formula is C18H24N4O2S. The normalized spacial score (nSPS) is 17.6. The molecule has 1 aliphatic heterocycles. The molecule has 2 heterocycles. The van der Waals surface area contributed by atoms with Crippen LogP contribution in [0.1, 0.15) is 35.6 Å². The Hall–Kier alpha value is -2.15. The Morgan fingerprint density at radius 3 is 2.88 bits per heavy atom. The van der Waals surface area contributed by atoms with Crippen LogP contribution in [0.25, 0.3) is 0 Å². The summed E-state index contributed by atoms with van der Waals surface area (Å²) in [6.07, 6.45) is 1.76. The van der Waals surface area contributed by atoms with E-state index >= 15 is 0 Å². The molecule has 1 aromatic heterocycles. The highest BCUT2D eigenvalue weighted by molar-refractivity contribution is 7.08. The molecule has 0 spiro atoms. The smallest absolute Gasteiger partial charge is 0.267 e. The van der Waals surface area contributed by atoms with Gasteiger partial charge in [-0.2, -0.15) is 0 Å². The lowest BCUT2D eigenvalue weighted by molar-refractivity contribution is 0.0677. The summed E-state index contributed by atoms with van der Waals surface area (Å²) in [6, 6.07) is 8.13. The molecule has 6 nitrogen and oxygen atoms in total. The van der Waals surface area contributed by atoms with Crippen molar-refractivity contribution in [3.63, 3.8) is 0 Å². The topological polar surface area (TPSA) is 58.6 Å². The van der Waals surface area contributed by atoms with E-state index in [9.17, 15) is 4.79 Å². The van der Waals surface area contributed by atoms with Gasteiger partial charge in [-0.25, -0.2) is 0 Å². The number of aromatic nitrogens is 2. The summed E-state index contributed by atoms with van der Waals surface area (Å²) in [6.45, 7) is 6.42. The van der Waals surface area contributed by atoms with Crippen molar-refractivity contribution in [1.82, 2.24) is 14.5 Å². The number of aryl methyl sites for hydroxylation is 1. The molecular weight excluding hydrogens is 336 g/mol. The van der Waals surface area contributed by atoms with E-state index in [1.54, 1.807) is 7.11 Å². The molecule has 0 saturated carbocycles. The Bertz CT molecular complexity index is 733. The molecule has 1 atom stereocenters. The minimum Gasteiger partial charge on any atom is -0.495 e. The lowest BCUT2D eigenvalue weighted by Gasteiger charge is -2.41. The van der Waals surface area contributed by atoms with E-state index in [4.69, 9.17) is 4.74 Å². The molecule has 1 aliphatic rings. The first-order valence-corrected chi connectivity index (χ1v) is 9.43. The fourth-order valence-corrected chi connectivity index (χ4v) is 3.94. The number of carbonyl (C=O) groups excluding carboxylic acids is 1. The molecule has 134 valence electrons. The van der Waals surface area contributed by atoms with Crippen molar-refractivity contribution in [2.75, 3.05) is 31.6 Å². The van der Waals surface area contributed by atoms with Gasteiger partial charge in [0.2, 0.25) is 0 Å². The van der Waals surface area contributed by atoms with Gasteiger partial charge in [0.15, 0.2) is 0 Å². The van der Waals surface area contributed by atoms with E-state index in [0.717, 1.165) is 43.1 Å². The van der Waals surface area contributed by atoms with Crippen LogP contribution in [0, 0.1) is 0 Å². The van der Waals surface area contributed by atoms with Crippen molar-refractivity contribution in [3.8, 4) is 5.75 Å². The number of nitrogens with zero attached hydrogens (tertiary/aromatic N) is 4. The van der Waals surface area contributed by atoms with Crippen LogP contribution < -0.4 is 9.64 Å². The summed E-state index contributed by atoms with van der Waals surface area (Å²) in [4.78, 5) is 17.9. The van der Waals surface area contributed by atoms with Crippen LogP contribution in [0.5, 0.6) is 5.75 Å². The molecule has 1 saturated heterocycles. The summed E-state index contributed by atoms with van der Waals surface area (Å²) < 4.78 is 9.46. The number of hydrogen-bond donors (Lipinski definition) is 0. The molecule has 0 unspecified atom stereocenters. The van der Waals surface area contributed by atoms with E-state index in [1.165, 1.54) is 11.5 Å². The third kappa shape index (κ3) is 3.61. The van der Waals surface area contributed by atoms with Gasteiger partial charge in [-0.3, -0.25) is 4.79 Å². The highest BCUT2D eigenvalue weighted by Gasteiger charge is 2.31. The predicted molar refractivity (Wildman–Crippen MR) is 99.6 cm³/mol. The van der Waals surface area contributed by atoms with Crippen molar-refractivity contribution < 1.29 is 9.53 Å². The Balaban J connectivity index is 1.73. The number of carbonyl (C=O) groups is 1. The molecule has 0 N–H and O–H groups in total. The molecule has 7 heteroatoms. The van der Waals surface area contributed by atoms with Gasteiger partial charge in [-0.1, -0.05) is 30.0 Å². The first kappa shape index (κ1) is 17.7. The second kappa shape index (κ2) is 7.82. The van der Waals surface area contributed by atoms with E-state index in [0.29, 0.717) is 11.4 Å². The Morgan fingerprint density at radius 2 is 2.16 bits per heavy atom. The average molecular weight is 360 g/mol. The van der Waals surface area contributed by atoms with Gasteiger partial charge in [0.1, 0.15) is 10.6 Å². The number of piperazine rings is 1. The summed E-state index contributed by atoms with van der Waals surface area (Å²) >= 11 is 1.21. The third-order valence-corrected chi connectivity index (χ3v) is 5.31. The number of hydrogen-bond acceptors (Lipinski definition) is 6. The number of benzene rings is 1. The monoisotopic (exact) mass is 360 g/mol. The number of anilines is 1. The van der Waals surface area contributed by atoms with E-state index < -0.39 is 0 Å². The van der Waals surface area contributed by atoms with E-state index in [2.05, 4.69) is 34.4 Å². The zero-order valence-corrected chi connectivity index (χ0v) is 15.8. The van der Waals surface area contributed by atoms with Gasteiger partial charge in [0.25, 0.3) is 5.91 Å². The summed E-state index contributed by atoms with van der Waals surface area (Å²) in [5.41, 5.74) is 1.91. The molecule has 0 bridgehead atoms. The van der Waals surface area contributed by atoms with Crippen LogP contribution in [0.15, 0.2) is 24.3 Å². The molecule has 1 aromatic carbocycles. The predicted octanol–water partition coefficient (Wildman–Crippen LogP) is 2.85. The minimum atomic E-state index is 0.0608. The van der Waals surface area contributed by atoms with Crippen LogP contribution in [0.2, 0.25) is 0 Å². The van der Waals surface area contributed by atoms with Gasteiger partial charge in [-0.15, -0.1) is 5.10 Å². The molecule has 0 aliphatic carbocycles. The van der Waals surface area contributed by atoms with Crippen LogP contribution in [-0.2, 0) is 6.42 Å². The summed E-state index contributed by atoms with van der Waals surface area (Å²) in [5, 5.41) is 4.13. The van der Waals surface area contributed by atoms with E-state index in [-0.39, 0.29) is 11.9 Å². The van der Waals surface area contributed by atoms with Crippen LogP contribution in [0.4, 0.5) is 5.69 Å². The van der Waals surface area contributed by atoms with Gasteiger partial charge >= 0.3 is 0 Å². The zero-order chi connectivity index (χ0) is 17.8. The second-order valence-corrected chi connectivity index (χ2v) is 7.02. The lowest BCUT2D eigenvalue weighted by atomic mass is 10.1. The van der Waals surface area contributed by atoms with Crippen molar-refractivity contribution in [1.29, 1.82) is 0 Å².